The van der Waals surface area contributed by atoms with Gasteiger partial charge in [-0.3, -0.25) is 0 Å². The Balaban J connectivity index is 2.89. The fraction of sp³-hybridized carbons (Fsp3) is 0.300. The quantitative estimate of drug-likeness (QED) is 0.490. The Hall–Kier alpha value is -1.51. The van der Waals surface area contributed by atoms with Gasteiger partial charge in [0.2, 0.25) is 0 Å². The zero-order valence-corrected chi connectivity index (χ0v) is 7.88. The number of carbonyl (C=O) groups is 1. The van der Waals surface area contributed by atoms with Crippen molar-refractivity contribution >= 4 is 6.16 Å². The maximum Gasteiger partial charge on any atom is 0.513 e. The van der Waals surface area contributed by atoms with Crippen LogP contribution in [0.25, 0.3) is 0 Å². The summed E-state index contributed by atoms with van der Waals surface area (Å²) in [6.07, 6.45) is -0.718. The molecule has 0 amide bonds. The van der Waals surface area contributed by atoms with Crippen molar-refractivity contribution < 1.29 is 14.3 Å². The van der Waals surface area contributed by atoms with Crippen LogP contribution in [0, 0.1) is 19.9 Å². The molecule has 0 N–H and O–H groups in total. The Labute approximate surface area is 77.3 Å². The maximum atomic E-state index is 10.8. The summed E-state index contributed by atoms with van der Waals surface area (Å²) in [5.41, 5.74) is 1.95. The molecule has 1 rings (SSSR count). The lowest BCUT2D eigenvalue weighted by Crippen LogP contribution is -2.08. The van der Waals surface area contributed by atoms with Crippen LogP contribution < -0.4 is 4.74 Å². The number of ether oxygens (including phenoxy) is 2. The third kappa shape index (κ3) is 2.21. The fourth-order valence-corrected chi connectivity index (χ4v) is 0.886. The molecule has 0 spiro atoms. The standard InChI is InChI=1S/C10H11O3/c1-7-5-4-6-9(8(7)2)13-10(11)12-3/h4-5H,1-3H3. The molecule has 0 heterocycles. The zero-order chi connectivity index (χ0) is 9.84. The summed E-state index contributed by atoms with van der Waals surface area (Å²) in [6, 6.07) is 6.43. The van der Waals surface area contributed by atoms with Crippen molar-refractivity contribution in [3.63, 3.8) is 0 Å². The van der Waals surface area contributed by atoms with Crippen LogP contribution >= 0.6 is 0 Å². The third-order valence-electron chi connectivity index (χ3n) is 1.83. The first-order valence-electron chi connectivity index (χ1n) is 3.89. The SMILES string of the molecule is COC(=O)Oc1[c]ccc(C)c1C. The summed E-state index contributed by atoms with van der Waals surface area (Å²) in [5.74, 6) is 0.423. The Bertz CT molecular complexity index is 318. The summed E-state index contributed by atoms with van der Waals surface area (Å²) in [7, 11) is 1.27. The van der Waals surface area contributed by atoms with Gasteiger partial charge in [-0.05, 0) is 25.0 Å². The van der Waals surface area contributed by atoms with Gasteiger partial charge in [0.25, 0.3) is 0 Å². The van der Waals surface area contributed by atoms with Crippen molar-refractivity contribution in [1.29, 1.82) is 0 Å². The van der Waals surface area contributed by atoms with Crippen LogP contribution in [0.5, 0.6) is 5.75 Å². The molecular formula is C10H11O3. The van der Waals surface area contributed by atoms with E-state index in [0.717, 1.165) is 11.1 Å². The first-order chi connectivity index (χ1) is 6.15. The summed E-state index contributed by atoms with van der Waals surface area (Å²) in [5, 5.41) is 0. The van der Waals surface area contributed by atoms with E-state index in [1.165, 1.54) is 7.11 Å². The topological polar surface area (TPSA) is 35.5 Å². The highest BCUT2D eigenvalue weighted by Crippen LogP contribution is 2.19. The number of hydrogen-bond acceptors (Lipinski definition) is 3. The van der Waals surface area contributed by atoms with Gasteiger partial charge in [0, 0.05) is 6.07 Å². The highest BCUT2D eigenvalue weighted by molar-refractivity contribution is 5.64. The van der Waals surface area contributed by atoms with E-state index in [4.69, 9.17) is 4.74 Å². The van der Waals surface area contributed by atoms with E-state index < -0.39 is 6.16 Å². The van der Waals surface area contributed by atoms with E-state index in [1.54, 1.807) is 6.07 Å². The molecule has 0 unspecified atom stereocenters. The molecule has 0 aliphatic carbocycles. The van der Waals surface area contributed by atoms with Crippen LogP contribution in [-0.2, 0) is 4.74 Å². The Morgan fingerprint density at radius 3 is 2.77 bits per heavy atom. The Morgan fingerprint density at radius 2 is 2.15 bits per heavy atom. The second-order valence-electron chi connectivity index (χ2n) is 2.67. The first kappa shape index (κ1) is 9.58. The number of aryl methyl sites for hydroxylation is 1. The molecule has 69 valence electrons. The molecule has 1 aromatic carbocycles. The van der Waals surface area contributed by atoms with E-state index >= 15 is 0 Å². The average Bonchev–Trinajstić information content (AvgIpc) is 2.13. The predicted octanol–water partition coefficient (Wildman–Crippen LogP) is 2.25. The van der Waals surface area contributed by atoms with Crippen molar-refractivity contribution in [2.24, 2.45) is 0 Å². The Morgan fingerprint density at radius 1 is 1.46 bits per heavy atom. The average molecular weight is 179 g/mol. The molecule has 0 saturated heterocycles. The maximum absolute atomic E-state index is 10.8. The lowest BCUT2D eigenvalue weighted by molar-refractivity contribution is 0.121. The first-order valence-corrected chi connectivity index (χ1v) is 3.89. The van der Waals surface area contributed by atoms with Crippen molar-refractivity contribution in [2.45, 2.75) is 13.8 Å². The summed E-state index contributed by atoms with van der Waals surface area (Å²) in [6.45, 7) is 3.80. The lowest BCUT2D eigenvalue weighted by atomic mass is 10.1. The molecule has 1 radical (unpaired) electrons. The van der Waals surface area contributed by atoms with Crippen molar-refractivity contribution in [3.8, 4) is 5.75 Å². The van der Waals surface area contributed by atoms with Crippen LogP contribution in [0.4, 0.5) is 4.79 Å². The summed E-state index contributed by atoms with van der Waals surface area (Å²) >= 11 is 0. The molecule has 0 aliphatic rings. The van der Waals surface area contributed by atoms with Crippen LogP contribution in [0.15, 0.2) is 12.1 Å². The fourth-order valence-electron chi connectivity index (χ4n) is 0.886. The van der Waals surface area contributed by atoms with Gasteiger partial charge in [-0.25, -0.2) is 4.79 Å². The van der Waals surface area contributed by atoms with E-state index in [0.29, 0.717) is 5.75 Å². The number of carbonyl (C=O) groups excluding carboxylic acids is 1. The zero-order valence-electron chi connectivity index (χ0n) is 7.88. The van der Waals surface area contributed by atoms with Gasteiger partial charge in [0.1, 0.15) is 5.75 Å². The smallest absolute Gasteiger partial charge is 0.437 e. The van der Waals surface area contributed by atoms with Crippen LogP contribution in [0.3, 0.4) is 0 Å². The highest BCUT2D eigenvalue weighted by atomic mass is 16.7. The molecule has 3 heteroatoms. The molecular weight excluding hydrogens is 168 g/mol. The molecule has 0 saturated carbocycles. The van der Waals surface area contributed by atoms with Crippen LogP contribution in [-0.4, -0.2) is 13.3 Å². The molecule has 0 atom stereocenters. The second-order valence-corrected chi connectivity index (χ2v) is 2.67. The van der Waals surface area contributed by atoms with E-state index in [1.807, 2.05) is 19.9 Å². The van der Waals surface area contributed by atoms with Crippen LogP contribution in [0.1, 0.15) is 11.1 Å². The minimum atomic E-state index is -0.718. The lowest BCUT2D eigenvalue weighted by Gasteiger charge is -2.06. The van der Waals surface area contributed by atoms with E-state index in [2.05, 4.69) is 10.8 Å². The predicted molar refractivity (Wildman–Crippen MR) is 47.8 cm³/mol. The third-order valence-corrected chi connectivity index (χ3v) is 1.83. The molecule has 13 heavy (non-hydrogen) atoms. The molecule has 0 aliphatic heterocycles. The van der Waals surface area contributed by atoms with Gasteiger partial charge in [-0.2, -0.15) is 0 Å². The minimum Gasteiger partial charge on any atom is -0.437 e. The summed E-state index contributed by atoms with van der Waals surface area (Å²) < 4.78 is 9.23. The normalized spacial score (nSPS) is 9.46. The van der Waals surface area contributed by atoms with Gasteiger partial charge >= 0.3 is 6.16 Å². The van der Waals surface area contributed by atoms with Gasteiger partial charge in [0.15, 0.2) is 0 Å². The summed E-state index contributed by atoms with van der Waals surface area (Å²) in [4.78, 5) is 10.8. The highest BCUT2D eigenvalue weighted by Gasteiger charge is 2.07. The van der Waals surface area contributed by atoms with Gasteiger partial charge in [0.05, 0.1) is 7.11 Å². The van der Waals surface area contributed by atoms with E-state index in [-0.39, 0.29) is 0 Å². The number of hydrogen-bond donors (Lipinski definition) is 0. The van der Waals surface area contributed by atoms with Gasteiger partial charge < -0.3 is 9.47 Å². The molecule has 0 aromatic heterocycles. The van der Waals surface area contributed by atoms with Gasteiger partial charge in [-0.1, -0.05) is 12.1 Å². The van der Waals surface area contributed by atoms with Gasteiger partial charge in [-0.15, -0.1) is 0 Å². The van der Waals surface area contributed by atoms with Crippen molar-refractivity contribution in [1.82, 2.24) is 0 Å². The number of benzene rings is 1. The number of methoxy groups -OCH3 is 1. The minimum absolute atomic E-state index is 0.423. The largest absolute Gasteiger partial charge is 0.513 e. The molecule has 3 nitrogen and oxygen atoms in total. The van der Waals surface area contributed by atoms with Crippen molar-refractivity contribution in [2.75, 3.05) is 7.11 Å². The molecule has 0 fully saturated rings. The number of rotatable bonds is 1. The Kier molecular flexibility index (Phi) is 2.90. The molecule has 0 bridgehead atoms. The monoisotopic (exact) mass is 179 g/mol. The second kappa shape index (κ2) is 3.94. The van der Waals surface area contributed by atoms with E-state index in [9.17, 15) is 4.79 Å². The van der Waals surface area contributed by atoms with Crippen molar-refractivity contribution in [3.05, 3.63) is 29.3 Å². The van der Waals surface area contributed by atoms with Crippen LogP contribution in [0.2, 0.25) is 0 Å². The molecule has 1 aromatic rings.